The fourth-order valence-electron chi connectivity index (χ4n) is 1.02. The highest BCUT2D eigenvalue weighted by Crippen LogP contribution is 2.11. The van der Waals surface area contributed by atoms with Crippen LogP contribution in [0.25, 0.3) is 0 Å². The van der Waals surface area contributed by atoms with E-state index in [0.717, 1.165) is 12.2 Å². The second-order valence-electron chi connectivity index (χ2n) is 2.94. The van der Waals surface area contributed by atoms with Gasteiger partial charge in [0.2, 0.25) is 0 Å². The maximum Gasteiger partial charge on any atom is 0.0359 e. The number of hydrogen-bond donors (Lipinski definition) is 1. The van der Waals surface area contributed by atoms with Crippen LogP contribution in [0.4, 0.5) is 5.69 Å². The molecule has 0 heterocycles. The lowest BCUT2D eigenvalue weighted by atomic mass is 10.2. The molecule has 0 radical (unpaired) electrons. The standard InChI is InChI=1S/C9H14N2.ClH/c1-11(2)7-8-5-3-4-6-9(8)10;/h3-6H,7,10H2,1-2H3;1H. The van der Waals surface area contributed by atoms with Crippen LogP contribution in [0.15, 0.2) is 24.3 Å². The summed E-state index contributed by atoms with van der Waals surface area (Å²) in [6.45, 7) is 0.909. The number of nitrogens with two attached hydrogens (primary N) is 1. The summed E-state index contributed by atoms with van der Waals surface area (Å²) in [6.07, 6.45) is 0. The van der Waals surface area contributed by atoms with Crippen molar-refractivity contribution in [3.8, 4) is 0 Å². The molecule has 0 aliphatic heterocycles. The second kappa shape index (κ2) is 5.01. The van der Waals surface area contributed by atoms with Crippen molar-refractivity contribution in [2.45, 2.75) is 6.54 Å². The van der Waals surface area contributed by atoms with Gasteiger partial charge in [0, 0.05) is 12.2 Å². The van der Waals surface area contributed by atoms with Gasteiger partial charge in [0.15, 0.2) is 0 Å². The van der Waals surface area contributed by atoms with Crippen LogP contribution in [0.1, 0.15) is 5.56 Å². The summed E-state index contributed by atoms with van der Waals surface area (Å²) in [5.41, 5.74) is 7.81. The molecule has 0 amide bonds. The van der Waals surface area contributed by atoms with Crippen LogP contribution in [0.3, 0.4) is 0 Å². The maximum atomic E-state index is 5.74. The molecule has 68 valence electrons. The first-order chi connectivity index (χ1) is 5.20. The number of para-hydroxylation sites is 1. The summed E-state index contributed by atoms with van der Waals surface area (Å²) in [4.78, 5) is 2.10. The lowest BCUT2D eigenvalue weighted by molar-refractivity contribution is 0.403. The molecule has 1 aromatic rings. The minimum Gasteiger partial charge on any atom is -0.398 e. The van der Waals surface area contributed by atoms with Crippen LogP contribution < -0.4 is 5.73 Å². The van der Waals surface area contributed by atoms with Gasteiger partial charge < -0.3 is 10.6 Å². The Morgan fingerprint density at radius 1 is 1.25 bits per heavy atom. The number of rotatable bonds is 2. The molecule has 0 fully saturated rings. The molecule has 1 rings (SSSR count). The van der Waals surface area contributed by atoms with Gasteiger partial charge in [0.1, 0.15) is 0 Å². The predicted molar refractivity (Wildman–Crippen MR) is 55.5 cm³/mol. The Labute approximate surface area is 79.8 Å². The Bertz CT molecular complexity index is 236. The van der Waals surface area contributed by atoms with E-state index in [4.69, 9.17) is 5.73 Å². The molecule has 0 atom stereocenters. The molecule has 2 N–H and O–H groups in total. The van der Waals surface area contributed by atoms with Crippen molar-refractivity contribution in [2.75, 3.05) is 19.8 Å². The van der Waals surface area contributed by atoms with E-state index < -0.39 is 0 Å². The molecule has 0 bridgehead atoms. The van der Waals surface area contributed by atoms with Crippen LogP contribution in [0.5, 0.6) is 0 Å². The zero-order valence-corrected chi connectivity index (χ0v) is 8.27. The van der Waals surface area contributed by atoms with Gasteiger partial charge in [0.25, 0.3) is 0 Å². The Morgan fingerprint density at radius 2 is 1.83 bits per heavy atom. The van der Waals surface area contributed by atoms with Crippen LogP contribution in [-0.4, -0.2) is 19.0 Å². The molecule has 0 aliphatic rings. The molecule has 0 aliphatic carbocycles. The predicted octanol–water partition coefficient (Wildman–Crippen LogP) is 1.75. The van der Waals surface area contributed by atoms with Crippen LogP contribution in [0.2, 0.25) is 0 Å². The third kappa shape index (κ3) is 3.11. The lowest BCUT2D eigenvalue weighted by Gasteiger charge is -2.10. The lowest BCUT2D eigenvalue weighted by Crippen LogP contribution is -2.11. The van der Waals surface area contributed by atoms with Crippen molar-refractivity contribution in [1.29, 1.82) is 0 Å². The largest absolute Gasteiger partial charge is 0.398 e. The van der Waals surface area contributed by atoms with Gasteiger partial charge in [-0.1, -0.05) is 18.2 Å². The van der Waals surface area contributed by atoms with Gasteiger partial charge in [-0.2, -0.15) is 0 Å². The molecule has 1 aromatic carbocycles. The SMILES string of the molecule is CN(C)Cc1ccccc1N.Cl. The molecule has 0 spiro atoms. The van der Waals surface area contributed by atoms with Crippen molar-refractivity contribution < 1.29 is 0 Å². The monoisotopic (exact) mass is 186 g/mol. The fourth-order valence-corrected chi connectivity index (χ4v) is 1.02. The third-order valence-corrected chi connectivity index (χ3v) is 1.54. The minimum absolute atomic E-state index is 0. The van der Waals surface area contributed by atoms with E-state index in [1.54, 1.807) is 0 Å². The third-order valence-electron chi connectivity index (χ3n) is 1.54. The fraction of sp³-hybridized carbons (Fsp3) is 0.333. The molecule has 3 heteroatoms. The first-order valence-corrected chi connectivity index (χ1v) is 3.68. The van der Waals surface area contributed by atoms with Gasteiger partial charge in [-0.25, -0.2) is 0 Å². The van der Waals surface area contributed by atoms with Crippen molar-refractivity contribution in [1.82, 2.24) is 4.90 Å². The molecule has 0 saturated heterocycles. The number of nitrogens with zero attached hydrogens (tertiary/aromatic N) is 1. The number of hydrogen-bond acceptors (Lipinski definition) is 2. The summed E-state index contributed by atoms with van der Waals surface area (Å²) < 4.78 is 0. The zero-order chi connectivity index (χ0) is 8.27. The number of halogens is 1. The van der Waals surface area contributed by atoms with E-state index in [0.29, 0.717) is 0 Å². The molecule has 2 nitrogen and oxygen atoms in total. The summed E-state index contributed by atoms with van der Waals surface area (Å²) in [7, 11) is 4.07. The van der Waals surface area contributed by atoms with Crippen LogP contribution in [-0.2, 0) is 6.54 Å². The molecule has 0 unspecified atom stereocenters. The summed E-state index contributed by atoms with van der Waals surface area (Å²) in [6, 6.07) is 7.94. The van der Waals surface area contributed by atoms with E-state index >= 15 is 0 Å². The highest BCUT2D eigenvalue weighted by atomic mass is 35.5. The minimum atomic E-state index is 0. The van der Waals surface area contributed by atoms with Gasteiger partial charge in [-0.05, 0) is 25.7 Å². The van der Waals surface area contributed by atoms with Gasteiger partial charge in [-0.15, -0.1) is 12.4 Å². The Balaban J connectivity index is 0.00000121. The van der Waals surface area contributed by atoms with E-state index in [1.807, 2.05) is 32.3 Å². The van der Waals surface area contributed by atoms with Crippen LogP contribution >= 0.6 is 12.4 Å². The normalized spacial score (nSPS) is 9.58. The second-order valence-corrected chi connectivity index (χ2v) is 2.94. The van der Waals surface area contributed by atoms with Gasteiger partial charge >= 0.3 is 0 Å². The van der Waals surface area contributed by atoms with E-state index in [1.165, 1.54) is 5.56 Å². The van der Waals surface area contributed by atoms with Crippen molar-refractivity contribution >= 4 is 18.1 Å². The molecular weight excluding hydrogens is 172 g/mol. The topological polar surface area (TPSA) is 29.3 Å². The summed E-state index contributed by atoms with van der Waals surface area (Å²) in [5, 5.41) is 0. The number of benzene rings is 1. The smallest absolute Gasteiger partial charge is 0.0359 e. The zero-order valence-electron chi connectivity index (χ0n) is 7.45. The number of anilines is 1. The number of nitrogen functional groups attached to an aromatic ring is 1. The average molecular weight is 187 g/mol. The Hall–Kier alpha value is -0.730. The van der Waals surface area contributed by atoms with Crippen molar-refractivity contribution in [3.63, 3.8) is 0 Å². The van der Waals surface area contributed by atoms with Crippen molar-refractivity contribution in [3.05, 3.63) is 29.8 Å². The molecule has 0 aromatic heterocycles. The quantitative estimate of drug-likeness (QED) is 0.714. The first-order valence-electron chi connectivity index (χ1n) is 3.68. The molecular formula is C9H15ClN2. The van der Waals surface area contributed by atoms with E-state index in [-0.39, 0.29) is 12.4 Å². The van der Waals surface area contributed by atoms with Crippen molar-refractivity contribution in [2.24, 2.45) is 0 Å². The van der Waals surface area contributed by atoms with E-state index in [9.17, 15) is 0 Å². The Morgan fingerprint density at radius 3 is 2.33 bits per heavy atom. The summed E-state index contributed by atoms with van der Waals surface area (Å²) in [5.74, 6) is 0. The molecule has 0 saturated carbocycles. The van der Waals surface area contributed by atoms with Crippen LogP contribution in [0, 0.1) is 0 Å². The van der Waals surface area contributed by atoms with Gasteiger partial charge in [-0.3, -0.25) is 0 Å². The summed E-state index contributed by atoms with van der Waals surface area (Å²) >= 11 is 0. The average Bonchev–Trinajstić information content (AvgIpc) is 1.93. The maximum absolute atomic E-state index is 5.74. The first kappa shape index (κ1) is 11.3. The Kier molecular flexibility index (Phi) is 4.71. The molecule has 12 heavy (non-hydrogen) atoms. The van der Waals surface area contributed by atoms with Gasteiger partial charge in [0.05, 0.1) is 0 Å². The highest BCUT2D eigenvalue weighted by Gasteiger charge is 1.97. The van der Waals surface area contributed by atoms with E-state index in [2.05, 4.69) is 11.0 Å². The highest BCUT2D eigenvalue weighted by molar-refractivity contribution is 5.85.